The van der Waals surface area contributed by atoms with E-state index >= 15 is 0 Å². The third-order valence-electron chi connectivity index (χ3n) is 3.24. The molecule has 2 nitrogen and oxygen atoms in total. The number of halogens is 2. The molecule has 16 heavy (non-hydrogen) atoms. The van der Waals surface area contributed by atoms with Crippen molar-refractivity contribution in [2.24, 2.45) is 5.41 Å². The summed E-state index contributed by atoms with van der Waals surface area (Å²) in [7, 11) is 0. The molecule has 2 rings (SSSR count). The zero-order valence-corrected chi connectivity index (χ0v) is 10.1. The maximum atomic E-state index is 10.2. The van der Waals surface area contributed by atoms with Gasteiger partial charge in [0.05, 0.1) is 17.6 Å². The van der Waals surface area contributed by atoms with E-state index in [1.807, 2.05) is 0 Å². The lowest BCUT2D eigenvalue weighted by molar-refractivity contribution is 0.00802. The molecule has 1 N–H and O–H groups in total. The summed E-state index contributed by atoms with van der Waals surface area (Å²) in [4.78, 5) is 0. The number of hydrogen-bond acceptors (Lipinski definition) is 2. The van der Waals surface area contributed by atoms with Crippen molar-refractivity contribution in [2.45, 2.75) is 25.4 Å². The first-order valence-electron chi connectivity index (χ1n) is 5.13. The van der Waals surface area contributed by atoms with Crippen LogP contribution in [0.2, 0.25) is 10.0 Å². The average molecular weight is 256 g/mol. The summed E-state index contributed by atoms with van der Waals surface area (Å²) in [5.41, 5.74) is -0.121. The van der Waals surface area contributed by atoms with Crippen LogP contribution in [0, 0.1) is 16.7 Å². The summed E-state index contributed by atoms with van der Waals surface area (Å²) in [5, 5.41) is 20.3. The van der Waals surface area contributed by atoms with E-state index in [2.05, 4.69) is 6.07 Å². The second kappa shape index (κ2) is 4.25. The predicted molar refractivity (Wildman–Crippen MR) is 63.3 cm³/mol. The molecule has 0 saturated heterocycles. The topological polar surface area (TPSA) is 44.0 Å². The summed E-state index contributed by atoms with van der Waals surface area (Å²) in [6.45, 7) is 0. The fourth-order valence-corrected chi connectivity index (χ4v) is 2.43. The van der Waals surface area contributed by atoms with Crippen LogP contribution in [0.5, 0.6) is 0 Å². The minimum absolute atomic E-state index is 0.457. The lowest BCUT2D eigenvalue weighted by Gasteiger charge is -2.39. The van der Waals surface area contributed by atoms with E-state index in [0.29, 0.717) is 28.5 Å². The Morgan fingerprint density at radius 2 is 2.06 bits per heavy atom. The maximum absolute atomic E-state index is 10.2. The van der Waals surface area contributed by atoms with Crippen molar-refractivity contribution in [1.29, 1.82) is 5.26 Å². The van der Waals surface area contributed by atoms with Gasteiger partial charge >= 0.3 is 0 Å². The fourth-order valence-electron chi connectivity index (χ4n) is 2.03. The molecule has 0 aliphatic heterocycles. The van der Waals surface area contributed by atoms with Crippen molar-refractivity contribution in [2.75, 3.05) is 0 Å². The number of nitrogens with zero attached hydrogens (tertiary/aromatic N) is 1. The Labute approximate surface area is 104 Å². The Morgan fingerprint density at radius 1 is 1.38 bits per heavy atom. The highest BCUT2D eigenvalue weighted by Crippen LogP contribution is 2.51. The average Bonchev–Trinajstić information content (AvgIpc) is 2.21. The van der Waals surface area contributed by atoms with E-state index in [1.54, 1.807) is 18.2 Å². The molecular formula is C12H11Cl2NO. The molecule has 0 heterocycles. The highest BCUT2D eigenvalue weighted by molar-refractivity contribution is 6.33. The minimum Gasteiger partial charge on any atom is -0.387 e. The van der Waals surface area contributed by atoms with Crippen LogP contribution >= 0.6 is 23.2 Å². The van der Waals surface area contributed by atoms with Gasteiger partial charge in [-0.3, -0.25) is 0 Å². The fraction of sp³-hybridized carbons (Fsp3) is 0.417. The number of benzene rings is 1. The van der Waals surface area contributed by atoms with E-state index in [-0.39, 0.29) is 0 Å². The lowest BCUT2D eigenvalue weighted by Crippen LogP contribution is -2.34. The van der Waals surface area contributed by atoms with Crippen LogP contribution in [-0.4, -0.2) is 5.11 Å². The Morgan fingerprint density at radius 3 is 2.56 bits per heavy atom. The third kappa shape index (κ3) is 1.80. The predicted octanol–water partition coefficient (Wildman–Crippen LogP) is 3.72. The molecule has 0 radical (unpaired) electrons. The van der Waals surface area contributed by atoms with Crippen molar-refractivity contribution >= 4 is 23.2 Å². The van der Waals surface area contributed by atoms with Crippen LogP contribution in [-0.2, 0) is 0 Å². The summed E-state index contributed by atoms with van der Waals surface area (Å²) in [5.74, 6) is 0. The Hall–Kier alpha value is -0.750. The molecule has 1 aliphatic rings. The van der Waals surface area contributed by atoms with E-state index in [9.17, 15) is 5.11 Å². The van der Waals surface area contributed by atoms with Gasteiger partial charge < -0.3 is 5.11 Å². The standard InChI is InChI=1S/C12H11Cl2NO/c13-8-2-3-10(14)9(6-8)11(16)12(7-15)4-1-5-12/h2-3,6,11,16H,1,4-5H2. The van der Waals surface area contributed by atoms with E-state index in [4.69, 9.17) is 28.5 Å². The van der Waals surface area contributed by atoms with Gasteiger partial charge in [0.15, 0.2) is 0 Å². The van der Waals surface area contributed by atoms with Crippen LogP contribution in [0.4, 0.5) is 0 Å². The normalized spacial score (nSPS) is 19.6. The van der Waals surface area contributed by atoms with Gasteiger partial charge in [-0.1, -0.05) is 29.6 Å². The molecule has 0 spiro atoms. The molecular weight excluding hydrogens is 245 g/mol. The second-order valence-corrected chi connectivity index (χ2v) is 5.03. The molecule has 84 valence electrons. The summed E-state index contributed by atoms with van der Waals surface area (Å²) in [6, 6.07) is 7.15. The van der Waals surface area contributed by atoms with Crippen LogP contribution < -0.4 is 0 Å². The molecule has 0 bridgehead atoms. The first-order valence-corrected chi connectivity index (χ1v) is 5.89. The van der Waals surface area contributed by atoms with Gasteiger partial charge in [-0.25, -0.2) is 0 Å². The molecule has 0 aromatic heterocycles. The number of aliphatic hydroxyl groups is 1. The van der Waals surface area contributed by atoms with Gasteiger partial charge in [-0.05, 0) is 31.0 Å². The molecule has 1 aliphatic carbocycles. The zero-order chi connectivity index (χ0) is 11.8. The van der Waals surface area contributed by atoms with Gasteiger partial charge in [-0.15, -0.1) is 0 Å². The van der Waals surface area contributed by atoms with Gasteiger partial charge in [0.2, 0.25) is 0 Å². The second-order valence-electron chi connectivity index (χ2n) is 4.19. The van der Waals surface area contributed by atoms with Gasteiger partial charge in [0, 0.05) is 15.6 Å². The van der Waals surface area contributed by atoms with Crippen molar-refractivity contribution in [3.05, 3.63) is 33.8 Å². The monoisotopic (exact) mass is 255 g/mol. The molecule has 1 aromatic rings. The zero-order valence-electron chi connectivity index (χ0n) is 8.58. The van der Waals surface area contributed by atoms with Crippen LogP contribution in [0.3, 0.4) is 0 Å². The largest absolute Gasteiger partial charge is 0.387 e. The van der Waals surface area contributed by atoms with Crippen molar-refractivity contribution in [3.8, 4) is 6.07 Å². The Balaban J connectivity index is 2.37. The van der Waals surface area contributed by atoms with Crippen molar-refractivity contribution < 1.29 is 5.11 Å². The number of rotatable bonds is 2. The SMILES string of the molecule is N#CC1(C(O)c2cc(Cl)ccc2Cl)CCC1. The molecule has 1 saturated carbocycles. The number of aliphatic hydroxyl groups excluding tert-OH is 1. The Kier molecular flexibility index (Phi) is 3.12. The molecule has 4 heteroatoms. The van der Waals surface area contributed by atoms with Gasteiger partial charge in [0.1, 0.15) is 0 Å². The Bertz CT molecular complexity index is 449. The summed E-state index contributed by atoms with van der Waals surface area (Å²) in [6.07, 6.45) is 1.56. The van der Waals surface area contributed by atoms with Crippen LogP contribution in [0.15, 0.2) is 18.2 Å². The maximum Gasteiger partial charge on any atom is 0.0991 e. The minimum atomic E-state index is -0.850. The molecule has 1 unspecified atom stereocenters. The number of nitriles is 1. The van der Waals surface area contributed by atoms with Gasteiger partial charge in [0.25, 0.3) is 0 Å². The van der Waals surface area contributed by atoms with E-state index in [1.165, 1.54) is 0 Å². The quantitative estimate of drug-likeness (QED) is 0.876. The number of hydrogen-bond donors (Lipinski definition) is 1. The highest BCUT2D eigenvalue weighted by Gasteiger charge is 2.45. The third-order valence-corrected chi connectivity index (χ3v) is 3.82. The lowest BCUT2D eigenvalue weighted by atomic mass is 9.64. The van der Waals surface area contributed by atoms with Crippen LogP contribution in [0.1, 0.15) is 30.9 Å². The van der Waals surface area contributed by atoms with E-state index in [0.717, 1.165) is 6.42 Å². The molecule has 1 fully saturated rings. The first kappa shape index (κ1) is 11.7. The van der Waals surface area contributed by atoms with E-state index < -0.39 is 11.5 Å². The first-order chi connectivity index (χ1) is 7.59. The molecule has 1 atom stereocenters. The smallest absolute Gasteiger partial charge is 0.0991 e. The molecule has 0 amide bonds. The highest BCUT2D eigenvalue weighted by atomic mass is 35.5. The van der Waals surface area contributed by atoms with Gasteiger partial charge in [-0.2, -0.15) is 5.26 Å². The van der Waals surface area contributed by atoms with Crippen molar-refractivity contribution in [3.63, 3.8) is 0 Å². The molecule has 1 aromatic carbocycles. The summed E-state index contributed by atoms with van der Waals surface area (Å²) < 4.78 is 0. The van der Waals surface area contributed by atoms with Crippen molar-refractivity contribution in [1.82, 2.24) is 0 Å². The summed E-state index contributed by atoms with van der Waals surface area (Å²) >= 11 is 11.9. The van der Waals surface area contributed by atoms with Crippen LogP contribution in [0.25, 0.3) is 0 Å².